The molecule has 0 radical (unpaired) electrons. The number of nitrogens with zero attached hydrogens (tertiary/aromatic N) is 2. The Morgan fingerprint density at radius 3 is 2.76 bits per heavy atom. The van der Waals surface area contributed by atoms with E-state index in [0.29, 0.717) is 12.1 Å². The third-order valence-electron chi connectivity index (χ3n) is 3.69. The number of benzene rings is 1. The van der Waals surface area contributed by atoms with Crippen LogP contribution >= 0.6 is 0 Å². The molecule has 126 valence electrons. The number of ketones is 2. The number of carbonyl (C=O) groups excluding carboxylic acids is 3. The number of allylic oxidation sites excluding steroid dienone is 3. The summed E-state index contributed by atoms with van der Waals surface area (Å²) in [7, 11) is 0. The summed E-state index contributed by atoms with van der Waals surface area (Å²) in [5.74, 6) is -3.21. The van der Waals surface area contributed by atoms with Crippen molar-refractivity contribution in [2.45, 2.75) is 13.5 Å². The summed E-state index contributed by atoms with van der Waals surface area (Å²) < 4.78 is 6.58. The molecule has 0 saturated carbocycles. The van der Waals surface area contributed by atoms with Crippen molar-refractivity contribution in [1.29, 1.82) is 0 Å². The topological polar surface area (TPSA) is 78.3 Å². The molecule has 6 heteroatoms. The van der Waals surface area contributed by atoms with Crippen molar-refractivity contribution in [3.63, 3.8) is 0 Å². The van der Waals surface area contributed by atoms with Gasteiger partial charge in [0.15, 0.2) is 17.5 Å². The molecule has 0 spiro atoms. The van der Waals surface area contributed by atoms with Gasteiger partial charge in [-0.05, 0) is 24.6 Å². The maximum Gasteiger partial charge on any atom is 0.329 e. The van der Waals surface area contributed by atoms with E-state index in [1.807, 2.05) is 30.3 Å². The largest absolute Gasteiger partial charge is 0.430 e. The minimum Gasteiger partial charge on any atom is -0.430 e. The molecule has 1 aromatic heterocycles. The molecule has 1 unspecified atom stereocenters. The predicted molar refractivity (Wildman–Crippen MR) is 90.2 cm³/mol. The number of carbonyl (C=O) groups is 3. The molecular weight excluding hydrogens is 320 g/mol. The van der Waals surface area contributed by atoms with Gasteiger partial charge in [-0.1, -0.05) is 30.3 Å². The Morgan fingerprint density at radius 1 is 1.28 bits per heavy atom. The number of hydrogen-bond acceptors (Lipinski definition) is 5. The van der Waals surface area contributed by atoms with Gasteiger partial charge in [0.25, 0.3) is 0 Å². The highest BCUT2D eigenvalue weighted by atomic mass is 16.5. The van der Waals surface area contributed by atoms with Crippen molar-refractivity contribution in [2.24, 2.45) is 5.92 Å². The fourth-order valence-electron chi connectivity index (χ4n) is 2.50. The number of aromatic nitrogens is 2. The van der Waals surface area contributed by atoms with Gasteiger partial charge in [-0.3, -0.25) is 19.1 Å². The van der Waals surface area contributed by atoms with Gasteiger partial charge in [-0.25, -0.2) is 0 Å². The zero-order valence-electron chi connectivity index (χ0n) is 13.6. The van der Waals surface area contributed by atoms with Gasteiger partial charge in [0.05, 0.1) is 12.7 Å². The number of hydrogen-bond donors (Lipinski definition) is 0. The second-order valence-corrected chi connectivity index (χ2v) is 5.70. The lowest BCUT2D eigenvalue weighted by atomic mass is 9.96. The SMILES string of the molecule is CC1=CC(=O)C(C(=O)C=Cc2cnn(Cc3ccccc3)c2)C(=O)O1. The number of esters is 1. The van der Waals surface area contributed by atoms with Crippen LogP contribution in [0.4, 0.5) is 0 Å². The number of cyclic esters (lactones) is 1. The molecule has 0 N–H and O–H groups in total. The third kappa shape index (κ3) is 3.98. The van der Waals surface area contributed by atoms with Crippen molar-refractivity contribution in [1.82, 2.24) is 9.78 Å². The van der Waals surface area contributed by atoms with Crippen molar-refractivity contribution in [3.8, 4) is 0 Å². The highest BCUT2D eigenvalue weighted by Crippen LogP contribution is 2.16. The lowest BCUT2D eigenvalue weighted by molar-refractivity contribution is -0.151. The van der Waals surface area contributed by atoms with Crippen molar-refractivity contribution in [2.75, 3.05) is 0 Å². The summed E-state index contributed by atoms with van der Waals surface area (Å²) in [4.78, 5) is 35.7. The van der Waals surface area contributed by atoms with E-state index >= 15 is 0 Å². The highest BCUT2D eigenvalue weighted by Gasteiger charge is 2.36. The number of rotatable bonds is 5. The minimum atomic E-state index is -1.42. The molecule has 1 aromatic carbocycles. The second kappa shape index (κ2) is 7.09. The molecule has 1 atom stereocenters. The summed E-state index contributed by atoms with van der Waals surface area (Å²) in [5.41, 5.74) is 1.81. The Kier molecular flexibility index (Phi) is 4.70. The van der Waals surface area contributed by atoms with E-state index in [2.05, 4.69) is 5.10 Å². The average Bonchev–Trinajstić information content (AvgIpc) is 3.00. The first-order valence-corrected chi connectivity index (χ1v) is 7.75. The first kappa shape index (κ1) is 16.6. The average molecular weight is 336 g/mol. The van der Waals surface area contributed by atoms with Crippen LogP contribution < -0.4 is 0 Å². The maximum absolute atomic E-state index is 12.1. The van der Waals surface area contributed by atoms with E-state index in [-0.39, 0.29) is 5.76 Å². The molecule has 0 amide bonds. The van der Waals surface area contributed by atoms with Gasteiger partial charge in [-0.2, -0.15) is 5.10 Å². The quantitative estimate of drug-likeness (QED) is 0.475. The van der Waals surface area contributed by atoms with Gasteiger partial charge in [-0.15, -0.1) is 0 Å². The van der Waals surface area contributed by atoms with Crippen molar-refractivity contribution < 1.29 is 19.1 Å². The Bertz CT molecular complexity index is 878. The van der Waals surface area contributed by atoms with Crippen molar-refractivity contribution in [3.05, 3.63) is 71.8 Å². The van der Waals surface area contributed by atoms with E-state index in [1.165, 1.54) is 19.1 Å². The van der Waals surface area contributed by atoms with Crippen LogP contribution in [0.15, 0.2) is 60.6 Å². The summed E-state index contributed by atoms with van der Waals surface area (Å²) in [6.07, 6.45) is 7.29. The molecule has 25 heavy (non-hydrogen) atoms. The van der Waals surface area contributed by atoms with Gasteiger partial charge >= 0.3 is 5.97 Å². The Morgan fingerprint density at radius 2 is 2.04 bits per heavy atom. The van der Waals surface area contributed by atoms with E-state index in [0.717, 1.165) is 11.6 Å². The van der Waals surface area contributed by atoms with E-state index in [4.69, 9.17) is 4.74 Å². The number of ether oxygens (including phenoxy) is 1. The van der Waals surface area contributed by atoms with E-state index in [9.17, 15) is 14.4 Å². The molecule has 6 nitrogen and oxygen atoms in total. The third-order valence-corrected chi connectivity index (χ3v) is 3.69. The Hall–Kier alpha value is -3.28. The smallest absolute Gasteiger partial charge is 0.329 e. The molecule has 0 aliphatic carbocycles. The molecule has 0 bridgehead atoms. The molecule has 1 aliphatic rings. The molecule has 1 aliphatic heterocycles. The van der Waals surface area contributed by atoms with Gasteiger partial charge in [0, 0.05) is 17.8 Å². The fraction of sp³-hybridized carbons (Fsp3) is 0.158. The molecule has 0 fully saturated rings. The molecule has 0 saturated heterocycles. The van der Waals surface area contributed by atoms with Crippen LogP contribution in [0.2, 0.25) is 0 Å². The molecule has 2 heterocycles. The lowest BCUT2D eigenvalue weighted by Crippen LogP contribution is -2.34. The molecular formula is C19H16N2O4. The van der Waals surface area contributed by atoms with Crippen LogP contribution in [-0.4, -0.2) is 27.3 Å². The lowest BCUT2D eigenvalue weighted by Gasteiger charge is -2.15. The van der Waals surface area contributed by atoms with Crippen LogP contribution in [0.25, 0.3) is 6.08 Å². The standard InChI is InChI=1S/C19H16N2O4/c1-13-9-17(23)18(19(24)25-13)16(22)8-7-15-10-20-21(12-15)11-14-5-3-2-4-6-14/h2-10,12,18H,11H2,1H3. The predicted octanol–water partition coefficient (Wildman–Crippen LogP) is 2.16. The van der Waals surface area contributed by atoms with Crippen LogP contribution in [-0.2, 0) is 25.7 Å². The summed E-state index contributed by atoms with van der Waals surface area (Å²) in [6, 6.07) is 9.84. The second-order valence-electron chi connectivity index (χ2n) is 5.70. The zero-order chi connectivity index (χ0) is 17.8. The van der Waals surface area contributed by atoms with Gasteiger partial charge in [0.2, 0.25) is 0 Å². The van der Waals surface area contributed by atoms with Gasteiger partial charge < -0.3 is 4.74 Å². The van der Waals surface area contributed by atoms with Crippen molar-refractivity contribution >= 4 is 23.6 Å². The van der Waals surface area contributed by atoms with E-state index in [1.54, 1.807) is 17.1 Å². The van der Waals surface area contributed by atoms with Crippen LogP contribution in [0.1, 0.15) is 18.1 Å². The van der Waals surface area contributed by atoms with E-state index < -0.39 is 23.5 Å². The van der Waals surface area contributed by atoms with Crippen LogP contribution in [0.3, 0.4) is 0 Å². The first-order valence-electron chi connectivity index (χ1n) is 7.75. The van der Waals surface area contributed by atoms with Crippen LogP contribution in [0.5, 0.6) is 0 Å². The zero-order valence-corrected chi connectivity index (χ0v) is 13.6. The first-order chi connectivity index (χ1) is 12.0. The normalized spacial score (nSPS) is 17.5. The monoisotopic (exact) mass is 336 g/mol. The Labute approximate surface area is 144 Å². The minimum absolute atomic E-state index is 0.199. The molecule has 2 aromatic rings. The fourth-order valence-corrected chi connectivity index (χ4v) is 2.50. The summed E-state index contributed by atoms with van der Waals surface area (Å²) in [6.45, 7) is 2.10. The summed E-state index contributed by atoms with van der Waals surface area (Å²) in [5, 5.41) is 4.23. The Balaban J connectivity index is 1.67. The van der Waals surface area contributed by atoms with Gasteiger partial charge in [0.1, 0.15) is 5.76 Å². The maximum atomic E-state index is 12.1. The van der Waals surface area contributed by atoms with Crippen LogP contribution in [0, 0.1) is 5.92 Å². The highest BCUT2D eigenvalue weighted by molar-refractivity contribution is 6.25. The molecule has 3 rings (SSSR count). The summed E-state index contributed by atoms with van der Waals surface area (Å²) >= 11 is 0.